The Kier molecular flexibility index (Phi) is 3.09. The largest absolute Gasteiger partial charge is 0.494 e. The van der Waals surface area contributed by atoms with Crippen LogP contribution in [0.25, 0.3) is 0 Å². The van der Waals surface area contributed by atoms with Gasteiger partial charge in [-0.2, -0.15) is 0 Å². The highest BCUT2D eigenvalue weighted by molar-refractivity contribution is 5.95. The number of hydrogen-bond acceptors (Lipinski definition) is 4. The Morgan fingerprint density at radius 2 is 2.25 bits per heavy atom. The first-order valence-electron chi connectivity index (χ1n) is 6.17. The van der Waals surface area contributed by atoms with Crippen LogP contribution in [0.3, 0.4) is 0 Å². The van der Waals surface area contributed by atoms with E-state index in [2.05, 4.69) is 10.3 Å². The first-order valence-corrected chi connectivity index (χ1v) is 6.17. The number of aromatic nitrogens is 3. The fourth-order valence-electron chi connectivity index (χ4n) is 2.18. The van der Waals surface area contributed by atoms with E-state index in [1.54, 1.807) is 22.0 Å². The predicted octanol–water partition coefficient (Wildman–Crippen LogP) is 1.12. The van der Waals surface area contributed by atoms with Gasteiger partial charge in [0.25, 0.3) is 5.91 Å². The van der Waals surface area contributed by atoms with Crippen LogP contribution in [0.5, 0.6) is 5.75 Å². The Bertz CT molecular complexity index is 623. The number of likely N-dealkylation sites (tertiary alicyclic amines) is 1. The molecular formula is C13H13FN4O2. The lowest BCUT2D eigenvalue weighted by atomic mass is 10.1. The topological polar surface area (TPSA) is 60.2 Å². The van der Waals surface area contributed by atoms with E-state index < -0.39 is 5.82 Å². The van der Waals surface area contributed by atoms with Gasteiger partial charge in [0.05, 0.1) is 19.3 Å². The molecule has 3 rings (SSSR count). The van der Waals surface area contributed by atoms with Crippen molar-refractivity contribution in [1.82, 2.24) is 19.9 Å². The Morgan fingerprint density at radius 3 is 2.90 bits per heavy atom. The van der Waals surface area contributed by atoms with Crippen LogP contribution in [0, 0.1) is 5.82 Å². The molecule has 20 heavy (non-hydrogen) atoms. The van der Waals surface area contributed by atoms with Gasteiger partial charge in [0.1, 0.15) is 0 Å². The summed E-state index contributed by atoms with van der Waals surface area (Å²) in [5, 5.41) is 7.64. The molecule has 2 aromatic rings. The second kappa shape index (κ2) is 4.92. The molecule has 0 atom stereocenters. The summed E-state index contributed by atoms with van der Waals surface area (Å²) in [6.45, 7) is 1.14. The van der Waals surface area contributed by atoms with E-state index in [1.807, 2.05) is 0 Å². The number of carbonyl (C=O) groups is 1. The molecule has 1 fully saturated rings. The molecule has 1 aromatic heterocycles. The van der Waals surface area contributed by atoms with Gasteiger partial charge in [0.2, 0.25) is 0 Å². The molecule has 0 aliphatic carbocycles. The van der Waals surface area contributed by atoms with Crippen LogP contribution in [-0.4, -0.2) is 46.0 Å². The smallest absolute Gasteiger partial charge is 0.254 e. The maximum absolute atomic E-state index is 13.3. The summed E-state index contributed by atoms with van der Waals surface area (Å²) in [7, 11) is 1.37. The number of ether oxygens (including phenoxy) is 1. The summed E-state index contributed by atoms with van der Waals surface area (Å²) in [6.07, 6.45) is 3.38. The van der Waals surface area contributed by atoms with Gasteiger partial charge in [-0.15, -0.1) is 5.10 Å². The van der Waals surface area contributed by atoms with Crippen molar-refractivity contribution in [1.29, 1.82) is 0 Å². The summed E-state index contributed by atoms with van der Waals surface area (Å²) in [6, 6.07) is 4.27. The Hall–Kier alpha value is -2.44. The number of benzene rings is 1. The molecule has 1 amide bonds. The molecule has 1 aliphatic heterocycles. The quantitative estimate of drug-likeness (QED) is 0.843. The predicted molar refractivity (Wildman–Crippen MR) is 67.9 cm³/mol. The van der Waals surface area contributed by atoms with Gasteiger partial charge in [0.15, 0.2) is 11.6 Å². The number of rotatable bonds is 3. The number of carbonyl (C=O) groups excluding carboxylic acids is 1. The van der Waals surface area contributed by atoms with Crippen LogP contribution in [0.4, 0.5) is 4.39 Å². The van der Waals surface area contributed by atoms with Gasteiger partial charge < -0.3 is 9.64 Å². The lowest BCUT2D eigenvalue weighted by molar-refractivity contribution is 0.0498. The maximum Gasteiger partial charge on any atom is 0.254 e. The van der Waals surface area contributed by atoms with Crippen molar-refractivity contribution in [2.45, 2.75) is 6.04 Å². The second-order valence-corrected chi connectivity index (χ2v) is 4.60. The highest BCUT2D eigenvalue weighted by atomic mass is 19.1. The van der Waals surface area contributed by atoms with Crippen molar-refractivity contribution in [2.24, 2.45) is 0 Å². The van der Waals surface area contributed by atoms with E-state index in [1.165, 1.54) is 25.3 Å². The van der Waals surface area contributed by atoms with Crippen molar-refractivity contribution in [3.63, 3.8) is 0 Å². The van der Waals surface area contributed by atoms with Gasteiger partial charge >= 0.3 is 0 Å². The summed E-state index contributed by atoms with van der Waals surface area (Å²) in [5.74, 6) is -0.544. The molecule has 1 aliphatic rings. The van der Waals surface area contributed by atoms with Gasteiger partial charge in [-0.05, 0) is 18.2 Å². The maximum atomic E-state index is 13.3. The average Bonchev–Trinajstić information content (AvgIpc) is 2.91. The van der Waals surface area contributed by atoms with Crippen LogP contribution in [0.1, 0.15) is 16.4 Å². The highest BCUT2D eigenvalue weighted by Gasteiger charge is 2.33. The molecule has 0 unspecified atom stereocenters. The third-order valence-electron chi connectivity index (χ3n) is 3.36. The van der Waals surface area contributed by atoms with Gasteiger partial charge in [-0.25, -0.2) is 9.07 Å². The molecule has 0 spiro atoms. The number of methoxy groups -OCH3 is 1. The Labute approximate surface area is 114 Å². The SMILES string of the molecule is COc1cc(C(=O)N2CC(n3ccnn3)C2)ccc1F. The number of halogens is 1. The minimum atomic E-state index is -0.479. The third-order valence-corrected chi connectivity index (χ3v) is 3.36. The van der Waals surface area contributed by atoms with E-state index in [-0.39, 0.29) is 17.7 Å². The fraction of sp³-hybridized carbons (Fsp3) is 0.308. The van der Waals surface area contributed by atoms with Gasteiger partial charge in [-0.3, -0.25) is 4.79 Å². The van der Waals surface area contributed by atoms with E-state index in [0.29, 0.717) is 18.7 Å². The summed E-state index contributed by atoms with van der Waals surface area (Å²) in [4.78, 5) is 13.9. The first kappa shape index (κ1) is 12.6. The summed E-state index contributed by atoms with van der Waals surface area (Å²) >= 11 is 0. The number of hydrogen-bond donors (Lipinski definition) is 0. The molecule has 0 saturated carbocycles. The van der Waals surface area contributed by atoms with E-state index >= 15 is 0 Å². The molecule has 0 bridgehead atoms. The van der Waals surface area contributed by atoms with Crippen LogP contribution in [0.2, 0.25) is 0 Å². The van der Waals surface area contributed by atoms with Gasteiger partial charge in [0, 0.05) is 24.8 Å². The monoisotopic (exact) mass is 276 g/mol. The normalized spacial score (nSPS) is 15.0. The molecule has 1 aromatic carbocycles. The van der Waals surface area contributed by atoms with Gasteiger partial charge in [-0.1, -0.05) is 5.21 Å². The van der Waals surface area contributed by atoms with Crippen molar-refractivity contribution >= 4 is 5.91 Å². The van der Waals surface area contributed by atoms with Crippen LogP contribution >= 0.6 is 0 Å². The zero-order valence-electron chi connectivity index (χ0n) is 10.9. The molecule has 0 radical (unpaired) electrons. The zero-order chi connectivity index (χ0) is 14.1. The fourth-order valence-corrected chi connectivity index (χ4v) is 2.18. The molecule has 7 heteroatoms. The molecular weight excluding hydrogens is 263 g/mol. The number of amides is 1. The summed E-state index contributed by atoms with van der Waals surface area (Å²) in [5.41, 5.74) is 0.417. The molecule has 0 N–H and O–H groups in total. The lowest BCUT2D eigenvalue weighted by Gasteiger charge is -2.38. The highest BCUT2D eigenvalue weighted by Crippen LogP contribution is 2.24. The van der Waals surface area contributed by atoms with Crippen molar-refractivity contribution in [2.75, 3.05) is 20.2 Å². The van der Waals surface area contributed by atoms with Crippen molar-refractivity contribution in [3.05, 3.63) is 42.0 Å². The minimum absolute atomic E-state index is 0.0733. The minimum Gasteiger partial charge on any atom is -0.494 e. The second-order valence-electron chi connectivity index (χ2n) is 4.60. The van der Waals surface area contributed by atoms with E-state index in [9.17, 15) is 9.18 Å². The summed E-state index contributed by atoms with van der Waals surface area (Å²) < 4.78 is 19.9. The number of nitrogens with zero attached hydrogens (tertiary/aromatic N) is 4. The Balaban J connectivity index is 1.69. The van der Waals surface area contributed by atoms with Crippen LogP contribution in [0.15, 0.2) is 30.6 Å². The standard InChI is InChI=1S/C13H13FN4O2/c1-20-12-6-9(2-3-11(12)14)13(19)17-7-10(8-17)18-5-4-15-16-18/h2-6,10H,7-8H2,1H3. The molecule has 104 valence electrons. The molecule has 2 heterocycles. The zero-order valence-corrected chi connectivity index (χ0v) is 10.9. The van der Waals surface area contributed by atoms with E-state index in [0.717, 1.165) is 0 Å². The molecule has 1 saturated heterocycles. The Morgan fingerprint density at radius 1 is 1.45 bits per heavy atom. The van der Waals surface area contributed by atoms with Crippen LogP contribution in [-0.2, 0) is 0 Å². The van der Waals surface area contributed by atoms with Crippen LogP contribution < -0.4 is 4.74 Å². The third kappa shape index (κ3) is 2.11. The average molecular weight is 276 g/mol. The lowest BCUT2D eigenvalue weighted by Crippen LogP contribution is -2.50. The van der Waals surface area contributed by atoms with Crippen molar-refractivity contribution in [3.8, 4) is 5.75 Å². The molecule has 6 nitrogen and oxygen atoms in total. The first-order chi connectivity index (χ1) is 9.69. The van der Waals surface area contributed by atoms with E-state index in [4.69, 9.17) is 4.74 Å². The van der Waals surface area contributed by atoms with Crippen molar-refractivity contribution < 1.29 is 13.9 Å².